The Morgan fingerprint density at radius 3 is 2.65 bits per heavy atom. The molecule has 3 aromatic rings. The largest absolute Gasteiger partial charge is 0.389 e. The van der Waals surface area contributed by atoms with E-state index in [4.69, 9.17) is 5.73 Å². The normalized spacial score (nSPS) is 26.5. The minimum absolute atomic E-state index is 0.270. The van der Waals surface area contributed by atoms with Gasteiger partial charge in [-0.15, -0.1) is 0 Å². The fraction of sp³-hybridized carbons (Fsp3) is 0.433. The molecule has 7 rings (SSSR count). The van der Waals surface area contributed by atoms with Crippen LogP contribution in [0.25, 0.3) is 11.8 Å². The monoisotopic (exact) mass is 498 g/mol. The second kappa shape index (κ2) is 8.09. The van der Waals surface area contributed by atoms with Crippen LogP contribution in [0.3, 0.4) is 0 Å². The first-order valence-corrected chi connectivity index (χ1v) is 13.4. The zero-order chi connectivity index (χ0) is 25.4. The van der Waals surface area contributed by atoms with E-state index in [1.165, 1.54) is 17.7 Å². The van der Waals surface area contributed by atoms with Gasteiger partial charge in [0.25, 0.3) is 5.91 Å². The highest BCUT2D eigenvalue weighted by atomic mass is 19.1. The molecule has 0 bridgehead atoms. The number of amides is 1. The molecule has 6 nitrogen and oxygen atoms in total. The van der Waals surface area contributed by atoms with Gasteiger partial charge in [-0.05, 0) is 117 Å². The Hall–Kier alpha value is -3.32. The van der Waals surface area contributed by atoms with Gasteiger partial charge < -0.3 is 10.8 Å². The highest BCUT2D eigenvalue weighted by Gasteiger charge is 2.63. The standard InChI is InChI=1S/C30H31FN4O2/c31-22-5-7-23(8-6-22)35-26-15-21-9-12-29(37,30(21,20-3-4-20)16-19(26)17-34-35)13-10-25-27(28(32)36)24(11-14-33-25)18-1-2-18/h5-8,11,14-15,17-18,20,37H,1-4,9-10,12-13,16H2,(H2,32,36). The molecule has 0 aliphatic heterocycles. The van der Waals surface area contributed by atoms with Crippen LogP contribution in [0.1, 0.15) is 83.7 Å². The number of hydrogen-bond acceptors (Lipinski definition) is 4. The molecule has 2 heterocycles. The van der Waals surface area contributed by atoms with Crippen molar-refractivity contribution in [1.29, 1.82) is 0 Å². The van der Waals surface area contributed by atoms with Crippen LogP contribution in [0, 0.1) is 17.2 Å². The molecule has 0 spiro atoms. The van der Waals surface area contributed by atoms with Crippen LogP contribution in [0.15, 0.2) is 48.3 Å². The topological polar surface area (TPSA) is 94.0 Å². The van der Waals surface area contributed by atoms with Gasteiger partial charge in [0.15, 0.2) is 0 Å². The Kier molecular flexibility index (Phi) is 4.99. The molecule has 2 atom stereocenters. The first kappa shape index (κ1) is 22.8. The van der Waals surface area contributed by atoms with Crippen molar-refractivity contribution in [3.05, 3.63) is 82.2 Å². The summed E-state index contributed by atoms with van der Waals surface area (Å²) in [6.45, 7) is 0. The molecular weight excluding hydrogens is 467 g/mol. The predicted octanol–water partition coefficient (Wildman–Crippen LogP) is 4.88. The van der Waals surface area contributed by atoms with Gasteiger partial charge in [-0.1, -0.05) is 5.57 Å². The molecule has 0 saturated heterocycles. The number of aliphatic hydroxyl groups is 1. The molecule has 3 N–H and O–H groups in total. The maximum absolute atomic E-state index is 13.5. The summed E-state index contributed by atoms with van der Waals surface area (Å²) in [6, 6.07) is 8.32. The molecule has 2 unspecified atom stereocenters. The zero-order valence-electron chi connectivity index (χ0n) is 20.8. The first-order valence-electron chi connectivity index (χ1n) is 13.4. The lowest BCUT2D eigenvalue weighted by Crippen LogP contribution is -2.49. The third kappa shape index (κ3) is 3.51. The predicted molar refractivity (Wildman–Crippen MR) is 138 cm³/mol. The molecule has 4 aliphatic carbocycles. The van der Waals surface area contributed by atoms with Crippen LogP contribution >= 0.6 is 0 Å². The van der Waals surface area contributed by atoms with E-state index in [1.807, 2.05) is 16.9 Å². The molecule has 2 aromatic heterocycles. The average molecular weight is 499 g/mol. The van der Waals surface area contributed by atoms with Crippen LogP contribution in [-0.4, -0.2) is 31.4 Å². The van der Waals surface area contributed by atoms with E-state index in [0.717, 1.165) is 61.0 Å². The van der Waals surface area contributed by atoms with E-state index >= 15 is 0 Å². The van der Waals surface area contributed by atoms with Gasteiger partial charge >= 0.3 is 0 Å². The van der Waals surface area contributed by atoms with Crippen LogP contribution < -0.4 is 5.73 Å². The van der Waals surface area contributed by atoms with Crippen LogP contribution in [0.4, 0.5) is 4.39 Å². The molecule has 0 radical (unpaired) electrons. The number of pyridine rings is 1. The number of primary amides is 1. The minimum atomic E-state index is -0.887. The fourth-order valence-electron chi connectivity index (χ4n) is 7.27. The molecular formula is C30H31FN4O2. The summed E-state index contributed by atoms with van der Waals surface area (Å²) in [4.78, 5) is 17.0. The number of benzene rings is 1. The molecule has 1 amide bonds. The lowest BCUT2D eigenvalue weighted by atomic mass is 9.61. The van der Waals surface area contributed by atoms with Crippen molar-refractivity contribution >= 4 is 12.0 Å². The molecule has 7 heteroatoms. The number of halogens is 1. The third-order valence-electron chi connectivity index (χ3n) is 9.32. The molecule has 4 aliphatic rings. The SMILES string of the molecule is NC(=O)c1c(C2CC2)ccnc1CCC1(O)CCC2=Cc3c(cnn3-c3ccc(F)cc3)CC21C1CC1. The van der Waals surface area contributed by atoms with Crippen molar-refractivity contribution in [2.45, 2.75) is 69.3 Å². The number of carbonyl (C=O) groups excluding carboxylic acids is 1. The van der Waals surface area contributed by atoms with Crippen molar-refractivity contribution in [3.63, 3.8) is 0 Å². The number of nitrogens with zero attached hydrogens (tertiary/aromatic N) is 3. The molecule has 3 saturated carbocycles. The van der Waals surface area contributed by atoms with E-state index in [-0.39, 0.29) is 11.2 Å². The average Bonchev–Trinajstić information content (AvgIpc) is 3.83. The number of carbonyl (C=O) groups is 1. The number of nitrogens with two attached hydrogens (primary N) is 1. The highest BCUT2D eigenvalue weighted by molar-refractivity contribution is 5.95. The highest BCUT2D eigenvalue weighted by Crippen LogP contribution is 2.66. The van der Waals surface area contributed by atoms with E-state index in [1.54, 1.807) is 18.3 Å². The lowest BCUT2D eigenvalue weighted by Gasteiger charge is -2.46. The van der Waals surface area contributed by atoms with Crippen molar-refractivity contribution in [2.24, 2.45) is 17.1 Å². The third-order valence-corrected chi connectivity index (χ3v) is 9.32. The van der Waals surface area contributed by atoms with Gasteiger partial charge in [0.1, 0.15) is 5.82 Å². The Morgan fingerprint density at radius 1 is 1.16 bits per heavy atom. The van der Waals surface area contributed by atoms with Gasteiger partial charge in [0, 0.05) is 11.6 Å². The van der Waals surface area contributed by atoms with Crippen LogP contribution in [0.5, 0.6) is 0 Å². The van der Waals surface area contributed by atoms with E-state index in [2.05, 4.69) is 16.2 Å². The number of rotatable bonds is 7. The summed E-state index contributed by atoms with van der Waals surface area (Å²) in [7, 11) is 0. The zero-order valence-corrected chi connectivity index (χ0v) is 20.8. The second-order valence-electron chi connectivity index (χ2n) is 11.4. The van der Waals surface area contributed by atoms with Crippen molar-refractivity contribution in [3.8, 4) is 5.69 Å². The Labute approximate surface area is 215 Å². The summed E-state index contributed by atoms with van der Waals surface area (Å²) >= 11 is 0. The quantitative estimate of drug-likeness (QED) is 0.486. The number of aromatic nitrogens is 3. The van der Waals surface area contributed by atoms with Gasteiger partial charge in [-0.2, -0.15) is 5.10 Å². The fourth-order valence-corrected chi connectivity index (χ4v) is 7.27. The summed E-state index contributed by atoms with van der Waals surface area (Å²) in [5.74, 6) is 0.153. The molecule has 3 fully saturated rings. The summed E-state index contributed by atoms with van der Waals surface area (Å²) < 4.78 is 15.4. The van der Waals surface area contributed by atoms with Crippen molar-refractivity contribution in [1.82, 2.24) is 14.8 Å². The summed E-state index contributed by atoms with van der Waals surface area (Å²) in [5, 5.41) is 17.0. The Balaban J connectivity index is 1.23. The van der Waals surface area contributed by atoms with Crippen LogP contribution in [0.2, 0.25) is 0 Å². The minimum Gasteiger partial charge on any atom is -0.389 e. The maximum atomic E-state index is 13.5. The van der Waals surface area contributed by atoms with Crippen LogP contribution in [-0.2, 0) is 12.8 Å². The molecule has 1 aromatic carbocycles. The Bertz CT molecular complexity index is 1440. The second-order valence-corrected chi connectivity index (χ2v) is 11.4. The van der Waals surface area contributed by atoms with Gasteiger partial charge in [-0.3, -0.25) is 9.78 Å². The molecule has 37 heavy (non-hydrogen) atoms. The smallest absolute Gasteiger partial charge is 0.250 e. The van der Waals surface area contributed by atoms with Crippen molar-refractivity contribution < 1.29 is 14.3 Å². The van der Waals surface area contributed by atoms with Crippen molar-refractivity contribution in [2.75, 3.05) is 0 Å². The van der Waals surface area contributed by atoms with Gasteiger partial charge in [-0.25, -0.2) is 9.07 Å². The maximum Gasteiger partial charge on any atom is 0.250 e. The molecule has 190 valence electrons. The van der Waals surface area contributed by atoms with Gasteiger partial charge in [0.05, 0.1) is 34.4 Å². The lowest BCUT2D eigenvalue weighted by molar-refractivity contribution is -0.0662. The first-order chi connectivity index (χ1) is 17.9. The van der Waals surface area contributed by atoms with E-state index < -0.39 is 11.5 Å². The summed E-state index contributed by atoms with van der Waals surface area (Å²) in [6.07, 6.45) is 13.7. The Morgan fingerprint density at radius 2 is 1.95 bits per heavy atom. The van der Waals surface area contributed by atoms with Gasteiger partial charge in [0.2, 0.25) is 0 Å². The van der Waals surface area contributed by atoms with E-state index in [0.29, 0.717) is 42.4 Å². The van der Waals surface area contributed by atoms with E-state index in [9.17, 15) is 14.3 Å². The summed E-state index contributed by atoms with van der Waals surface area (Å²) in [5.41, 5.74) is 11.2. The number of fused-ring (bicyclic) bond motifs is 2. The number of aryl methyl sites for hydroxylation is 1. The number of hydrogen-bond donors (Lipinski definition) is 2.